The molecule has 0 fully saturated rings. The van der Waals surface area contributed by atoms with E-state index in [1.54, 1.807) is 30.3 Å². The molecule has 0 aliphatic heterocycles. The van der Waals surface area contributed by atoms with Crippen LogP contribution in [0.2, 0.25) is 0 Å². The summed E-state index contributed by atoms with van der Waals surface area (Å²) in [6, 6.07) is 16.0. The largest absolute Gasteiger partial charge is 0.423 e. The van der Waals surface area contributed by atoms with Crippen LogP contribution in [0.3, 0.4) is 0 Å². The summed E-state index contributed by atoms with van der Waals surface area (Å²) in [7, 11) is -3.78. The Morgan fingerprint density at radius 3 is 2.50 bits per heavy atom. The van der Waals surface area contributed by atoms with Crippen LogP contribution in [0, 0.1) is 0 Å². The van der Waals surface area contributed by atoms with Crippen LogP contribution in [-0.2, 0) is 10.0 Å². The molecule has 122 valence electrons. The number of benzene rings is 2. The summed E-state index contributed by atoms with van der Waals surface area (Å²) in [6.45, 7) is 3.78. The zero-order valence-electron chi connectivity index (χ0n) is 12.8. The second kappa shape index (κ2) is 6.33. The summed E-state index contributed by atoms with van der Waals surface area (Å²) < 4.78 is 32.4. The van der Waals surface area contributed by atoms with Gasteiger partial charge in [-0.15, -0.1) is 6.58 Å². The predicted molar refractivity (Wildman–Crippen MR) is 93.7 cm³/mol. The first-order valence-electron chi connectivity index (χ1n) is 7.25. The average Bonchev–Trinajstić information content (AvgIpc) is 2.59. The van der Waals surface area contributed by atoms with Gasteiger partial charge in [0.25, 0.3) is 10.0 Å². The third-order valence-electron chi connectivity index (χ3n) is 3.52. The van der Waals surface area contributed by atoms with Gasteiger partial charge in [-0.1, -0.05) is 24.3 Å². The first kappa shape index (κ1) is 16.0. The van der Waals surface area contributed by atoms with E-state index in [1.807, 2.05) is 6.07 Å². The van der Waals surface area contributed by atoms with E-state index in [4.69, 9.17) is 4.42 Å². The van der Waals surface area contributed by atoms with E-state index < -0.39 is 15.6 Å². The lowest BCUT2D eigenvalue weighted by Gasteiger charge is -2.23. The maximum absolute atomic E-state index is 13.0. The number of hydrogen-bond acceptors (Lipinski definition) is 4. The van der Waals surface area contributed by atoms with Crippen molar-refractivity contribution in [1.29, 1.82) is 0 Å². The first-order valence-corrected chi connectivity index (χ1v) is 8.69. The van der Waals surface area contributed by atoms with Gasteiger partial charge in [0, 0.05) is 11.5 Å². The van der Waals surface area contributed by atoms with Crippen molar-refractivity contribution in [2.45, 2.75) is 4.90 Å². The molecule has 0 aliphatic rings. The van der Waals surface area contributed by atoms with Crippen molar-refractivity contribution in [2.24, 2.45) is 0 Å². The highest BCUT2D eigenvalue weighted by Crippen LogP contribution is 2.25. The standard InChI is InChI=1S/C18H15NO4S/c1-2-12-19(15-6-4-3-5-7-15)24(21,22)16-9-10-17-14(13-16)8-11-18(20)23-17/h2-11,13H,1,12H2. The second-order valence-electron chi connectivity index (χ2n) is 5.11. The van der Waals surface area contributed by atoms with Crippen molar-refractivity contribution in [2.75, 3.05) is 10.8 Å². The number of hydrogen-bond donors (Lipinski definition) is 0. The monoisotopic (exact) mass is 341 g/mol. The third-order valence-corrected chi connectivity index (χ3v) is 5.31. The van der Waals surface area contributed by atoms with E-state index in [1.165, 1.54) is 34.6 Å². The van der Waals surface area contributed by atoms with Crippen LogP contribution < -0.4 is 9.93 Å². The highest BCUT2D eigenvalue weighted by Gasteiger charge is 2.24. The summed E-state index contributed by atoms with van der Waals surface area (Å²) in [5.74, 6) is 0. The molecular formula is C18H15NO4S. The van der Waals surface area contributed by atoms with Gasteiger partial charge in [0.05, 0.1) is 17.1 Å². The number of anilines is 1. The minimum absolute atomic E-state index is 0.120. The van der Waals surface area contributed by atoms with Gasteiger partial charge in [0.15, 0.2) is 0 Å². The Morgan fingerprint density at radius 2 is 1.79 bits per heavy atom. The summed E-state index contributed by atoms with van der Waals surface area (Å²) >= 11 is 0. The van der Waals surface area contributed by atoms with Crippen LogP contribution >= 0.6 is 0 Å². The predicted octanol–water partition coefficient (Wildman–Crippen LogP) is 3.17. The second-order valence-corrected chi connectivity index (χ2v) is 6.98. The van der Waals surface area contributed by atoms with Crippen LogP contribution in [0.5, 0.6) is 0 Å². The van der Waals surface area contributed by atoms with Gasteiger partial charge >= 0.3 is 5.63 Å². The van der Waals surface area contributed by atoms with Gasteiger partial charge in [-0.2, -0.15) is 0 Å². The van der Waals surface area contributed by atoms with E-state index in [-0.39, 0.29) is 11.4 Å². The van der Waals surface area contributed by atoms with Crippen LogP contribution in [0.25, 0.3) is 11.0 Å². The zero-order valence-corrected chi connectivity index (χ0v) is 13.6. The molecule has 0 amide bonds. The van der Waals surface area contributed by atoms with E-state index in [9.17, 15) is 13.2 Å². The first-order chi connectivity index (χ1) is 11.5. The minimum Gasteiger partial charge on any atom is -0.423 e. The smallest absolute Gasteiger partial charge is 0.336 e. The summed E-state index contributed by atoms with van der Waals surface area (Å²) in [5, 5.41) is 0.544. The van der Waals surface area contributed by atoms with Crippen LogP contribution in [0.4, 0.5) is 5.69 Å². The molecule has 0 N–H and O–H groups in total. The molecule has 0 atom stereocenters. The van der Waals surface area contributed by atoms with Gasteiger partial charge in [0.2, 0.25) is 0 Å². The van der Waals surface area contributed by atoms with Crippen LogP contribution in [0.1, 0.15) is 0 Å². The molecule has 0 saturated carbocycles. The normalized spacial score (nSPS) is 11.3. The molecule has 24 heavy (non-hydrogen) atoms. The Labute approximate surface area is 139 Å². The quantitative estimate of drug-likeness (QED) is 0.528. The molecule has 0 aliphatic carbocycles. The fourth-order valence-corrected chi connectivity index (χ4v) is 3.86. The maximum Gasteiger partial charge on any atom is 0.336 e. The highest BCUT2D eigenvalue weighted by atomic mass is 32.2. The Balaban J connectivity index is 2.12. The topological polar surface area (TPSA) is 67.6 Å². The number of nitrogens with zero attached hydrogens (tertiary/aromatic N) is 1. The highest BCUT2D eigenvalue weighted by molar-refractivity contribution is 7.92. The van der Waals surface area contributed by atoms with E-state index in [2.05, 4.69) is 6.58 Å². The minimum atomic E-state index is -3.78. The van der Waals surface area contributed by atoms with Crippen molar-refractivity contribution in [3.8, 4) is 0 Å². The van der Waals surface area contributed by atoms with Crippen molar-refractivity contribution in [3.05, 3.63) is 83.7 Å². The third kappa shape index (κ3) is 2.96. The van der Waals surface area contributed by atoms with Crippen molar-refractivity contribution >= 4 is 26.7 Å². The fourth-order valence-electron chi connectivity index (χ4n) is 2.39. The van der Waals surface area contributed by atoms with E-state index in [0.717, 1.165) is 0 Å². The molecule has 6 heteroatoms. The fraction of sp³-hybridized carbons (Fsp3) is 0.0556. The molecule has 0 unspecified atom stereocenters. The van der Waals surface area contributed by atoms with Gasteiger partial charge in [-0.05, 0) is 36.4 Å². The van der Waals surface area contributed by atoms with Crippen molar-refractivity contribution < 1.29 is 12.8 Å². The molecule has 3 rings (SSSR count). The van der Waals surface area contributed by atoms with Crippen molar-refractivity contribution in [1.82, 2.24) is 0 Å². The number of para-hydroxylation sites is 1. The Kier molecular flexibility index (Phi) is 4.22. The molecule has 2 aromatic carbocycles. The molecular weight excluding hydrogens is 326 g/mol. The molecule has 0 bridgehead atoms. The number of sulfonamides is 1. The molecule has 0 saturated heterocycles. The summed E-state index contributed by atoms with van der Waals surface area (Å²) in [5.41, 5.74) is 0.421. The zero-order chi connectivity index (χ0) is 17.2. The molecule has 5 nitrogen and oxygen atoms in total. The summed E-state index contributed by atoms with van der Waals surface area (Å²) in [4.78, 5) is 11.4. The molecule has 1 heterocycles. The SMILES string of the molecule is C=CCN(c1ccccc1)S(=O)(=O)c1ccc2oc(=O)ccc2c1. The average molecular weight is 341 g/mol. The lowest BCUT2D eigenvalue weighted by Crippen LogP contribution is -2.31. The maximum atomic E-state index is 13.0. The Morgan fingerprint density at radius 1 is 1.04 bits per heavy atom. The van der Waals surface area contributed by atoms with Gasteiger partial charge < -0.3 is 4.42 Å². The van der Waals surface area contributed by atoms with Gasteiger partial charge in [-0.3, -0.25) is 4.31 Å². The van der Waals surface area contributed by atoms with Crippen LogP contribution in [-0.4, -0.2) is 15.0 Å². The lowest BCUT2D eigenvalue weighted by atomic mass is 10.2. The summed E-state index contributed by atoms with van der Waals surface area (Å²) in [6.07, 6.45) is 1.53. The van der Waals surface area contributed by atoms with E-state index in [0.29, 0.717) is 16.7 Å². The molecule has 0 spiro atoms. The van der Waals surface area contributed by atoms with E-state index >= 15 is 0 Å². The number of fused-ring (bicyclic) bond motifs is 1. The molecule has 3 aromatic rings. The Bertz CT molecular complexity index is 1040. The molecule has 0 radical (unpaired) electrons. The van der Waals surface area contributed by atoms with Gasteiger partial charge in [-0.25, -0.2) is 13.2 Å². The van der Waals surface area contributed by atoms with Crippen LogP contribution in [0.15, 0.2) is 87.4 Å². The van der Waals surface area contributed by atoms with Crippen molar-refractivity contribution in [3.63, 3.8) is 0 Å². The number of rotatable bonds is 5. The lowest BCUT2D eigenvalue weighted by molar-refractivity contribution is 0.560. The Hall–Kier alpha value is -2.86. The molecule has 1 aromatic heterocycles. The van der Waals surface area contributed by atoms with Gasteiger partial charge in [0.1, 0.15) is 5.58 Å².